The van der Waals surface area contributed by atoms with Gasteiger partial charge in [-0.3, -0.25) is 0 Å². The number of hydrogen-bond acceptors (Lipinski definition) is 2. The lowest BCUT2D eigenvalue weighted by molar-refractivity contribution is 0.515. The molecule has 2 fully saturated rings. The van der Waals surface area contributed by atoms with Crippen LogP contribution in [0.5, 0.6) is 0 Å². The molecule has 0 amide bonds. The van der Waals surface area contributed by atoms with Crippen LogP contribution in [-0.2, 0) is 0 Å². The molecule has 1 saturated carbocycles. The summed E-state index contributed by atoms with van der Waals surface area (Å²) < 4.78 is 13.8. The van der Waals surface area contributed by atoms with Crippen molar-refractivity contribution in [2.24, 2.45) is 5.92 Å². The van der Waals surface area contributed by atoms with Crippen LogP contribution in [0.15, 0.2) is 22.7 Å². The Morgan fingerprint density at radius 3 is 2.89 bits per heavy atom. The lowest BCUT2D eigenvalue weighted by Gasteiger charge is -2.19. The van der Waals surface area contributed by atoms with Gasteiger partial charge in [0.1, 0.15) is 5.82 Å². The van der Waals surface area contributed by atoms with Gasteiger partial charge in [-0.25, -0.2) is 4.39 Å². The highest BCUT2D eigenvalue weighted by Gasteiger charge is 2.26. The van der Waals surface area contributed by atoms with Crippen LogP contribution in [0.4, 0.5) is 10.1 Å². The molecule has 1 aromatic rings. The van der Waals surface area contributed by atoms with Gasteiger partial charge < -0.3 is 10.2 Å². The first-order valence-electron chi connectivity index (χ1n) is 6.66. The number of nitrogens with one attached hydrogen (secondary N) is 1. The minimum Gasteiger partial charge on any atom is -0.371 e. The highest BCUT2D eigenvalue weighted by Crippen LogP contribution is 2.28. The number of anilines is 1. The quantitative estimate of drug-likeness (QED) is 0.918. The molecule has 18 heavy (non-hydrogen) atoms. The van der Waals surface area contributed by atoms with E-state index >= 15 is 0 Å². The lowest BCUT2D eigenvalue weighted by Crippen LogP contribution is -2.27. The van der Waals surface area contributed by atoms with Crippen LogP contribution < -0.4 is 10.2 Å². The zero-order valence-electron chi connectivity index (χ0n) is 10.3. The van der Waals surface area contributed by atoms with Crippen molar-refractivity contribution in [3.8, 4) is 0 Å². The van der Waals surface area contributed by atoms with Crippen LogP contribution in [0.3, 0.4) is 0 Å². The van der Waals surface area contributed by atoms with Crippen LogP contribution in [0.25, 0.3) is 0 Å². The fraction of sp³-hybridized carbons (Fsp3) is 0.571. The van der Waals surface area contributed by atoms with E-state index in [0.29, 0.717) is 4.47 Å². The van der Waals surface area contributed by atoms with Gasteiger partial charge in [0.25, 0.3) is 0 Å². The average Bonchev–Trinajstić information content (AvgIpc) is 3.08. The molecule has 1 heterocycles. The third-order valence-corrected chi connectivity index (χ3v) is 4.43. The van der Waals surface area contributed by atoms with Gasteiger partial charge in [0.05, 0.1) is 4.47 Å². The predicted molar refractivity (Wildman–Crippen MR) is 75.4 cm³/mol. The largest absolute Gasteiger partial charge is 0.371 e. The van der Waals surface area contributed by atoms with E-state index in [1.807, 2.05) is 12.1 Å². The molecule has 0 bridgehead atoms. The summed E-state index contributed by atoms with van der Waals surface area (Å²) >= 11 is 3.25. The third-order valence-electron chi connectivity index (χ3n) is 3.83. The number of rotatable bonds is 4. The Hall–Kier alpha value is -0.610. The van der Waals surface area contributed by atoms with E-state index in [2.05, 4.69) is 26.1 Å². The molecule has 1 aromatic carbocycles. The molecule has 1 aliphatic heterocycles. The summed E-state index contributed by atoms with van der Waals surface area (Å²) in [5.41, 5.74) is 1.12. The average molecular weight is 313 g/mol. The smallest absolute Gasteiger partial charge is 0.137 e. The molecular weight excluding hydrogens is 295 g/mol. The molecule has 3 rings (SSSR count). The van der Waals surface area contributed by atoms with E-state index in [1.54, 1.807) is 0 Å². The number of halogens is 2. The fourth-order valence-corrected chi connectivity index (χ4v) is 2.90. The van der Waals surface area contributed by atoms with E-state index in [0.717, 1.165) is 37.3 Å². The molecule has 0 radical (unpaired) electrons. The molecule has 2 aliphatic rings. The Bertz CT molecular complexity index is 434. The number of benzene rings is 1. The molecule has 4 heteroatoms. The molecule has 1 N–H and O–H groups in total. The summed E-state index contributed by atoms with van der Waals surface area (Å²) in [5.74, 6) is 0.541. The van der Waals surface area contributed by atoms with Gasteiger partial charge >= 0.3 is 0 Å². The minimum absolute atomic E-state index is 0.190. The topological polar surface area (TPSA) is 15.3 Å². The van der Waals surface area contributed by atoms with Crippen molar-refractivity contribution in [2.75, 3.05) is 24.5 Å². The van der Waals surface area contributed by atoms with Crippen molar-refractivity contribution in [3.63, 3.8) is 0 Å². The maximum absolute atomic E-state index is 13.2. The predicted octanol–water partition coefficient (Wildman–Crippen LogP) is 3.17. The summed E-state index contributed by atoms with van der Waals surface area (Å²) in [6.07, 6.45) is 3.93. The Labute approximate surface area is 116 Å². The number of nitrogens with zero attached hydrogens (tertiary/aromatic N) is 1. The van der Waals surface area contributed by atoms with Gasteiger partial charge in [-0.15, -0.1) is 0 Å². The van der Waals surface area contributed by atoms with E-state index in [4.69, 9.17) is 0 Å². The molecule has 98 valence electrons. The Kier molecular flexibility index (Phi) is 3.57. The highest BCUT2D eigenvalue weighted by atomic mass is 79.9. The fourth-order valence-electron chi connectivity index (χ4n) is 2.54. The normalized spacial score (nSPS) is 23.7. The van der Waals surface area contributed by atoms with E-state index in [9.17, 15) is 4.39 Å². The highest BCUT2D eigenvalue weighted by molar-refractivity contribution is 9.10. The van der Waals surface area contributed by atoms with Gasteiger partial charge in [0.2, 0.25) is 0 Å². The van der Waals surface area contributed by atoms with Crippen molar-refractivity contribution in [2.45, 2.75) is 25.3 Å². The van der Waals surface area contributed by atoms with Crippen molar-refractivity contribution >= 4 is 21.6 Å². The summed E-state index contributed by atoms with van der Waals surface area (Å²) in [6, 6.07) is 6.08. The first-order valence-corrected chi connectivity index (χ1v) is 7.45. The van der Waals surface area contributed by atoms with Crippen molar-refractivity contribution < 1.29 is 4.39 Å². The molecule has 0 aromatic heterocycles. The second-order valence-corrected chi connectivity index (χ2v) is 6.24. The van der Waals surface area contributed by atoms with Gasteiger partial charge in [0, 0.05) is 24.8 Å². The van der Waals surface area contributed by atoms with Gasteiger partial charge in [-0.1, -0.05) is 0 Å². The van der Waals surface area contributed by atoms with Crippen LogP contribution in [0.1, 0.15) is 19.3 Å². The van der Waals surface area contributed by atoms with Crippen LogP contribution >= 0.6 is 15.9 Å². The van der Waals surface area contributed by atoms with Crippen molar-refractivity contribution in [1.82, 2.24) is 5.32 Å². The van der Waals surface area contributed by atoms with Gasteiger partial charge in [-0.2, -0.15) is 0 Å². The second kappa shape index (κ2) is 5.17. The Balaban J connectivity index is 1.58. The van der Waals surface area contributed by atoms with Gasteiger partial charge in [-0.05, 0) is 65.9 Å². The first kappa shape index (κ1) is 12.4. The zero-order chi connectivity index (χ0) is 12.5. The molecular formula is C14H18BrFN2. The van der Waals surface area contributed by atoms with Gasteiger partial charge in [0.15, 0.2) is 0 Å². The minimum atomic E-state index is -0.190. The van der Waals surface area contributed by atoms with Crippen molar-refractivity contribution in [1.29, 1.82) is 0 Å². The standard InChI is InChI=1S/C14H18BrFN2/c15-13-7-12(3-4-14(13)16)18-6-5-10(9-18)8-17-11-1-2-11/h3-4,7,10-11,17H,1-2,5-6,8-9H2. The Morgan fingerprint density at radius 1 is 1.33 bits per heavy atom. The maximum atomic E-state index is 13.2. The molecule has 1 unspecified atom stereocenters. The van der Waals surface area contributed by atoms with Crippen LogP contribution in [-0.4, -0.2) is 25.7 Å². The Morgan fingerprint density at radius 2 is 2.17 bits per heavy atom. The maximum Gasteiger partial charge on any atom is 0.137 e. The molecule has 1 aliphatic carbocycles. The number of hydrogen-bond donors (Lipinski definition) is 1. The first-order chi connectivity index (χ1) is 8.72. The third kappa shape index (κ3) is 2.86. The SMILES string of the molecule is Fc1ccc(N2CCC(CNC3CC3)C2)cc1Br. The van der Waals surface area contributed by atoms with Crippen molar-refractivity contribution in [3.05, 3.63) is 28.5 Å². The van der Waals surface area contributed by atoms with E-state index in [-0.39, 0.29) is 5.82 Å². The van der Waals surface area contributed by atoms with E-state index in [1.165, 1.54) is 25.3 Å². The second-order valence-electron chi connectivity index (χ2n) is 5.38. The molecule has 1 saturated heterocycles. The summed E-state index contributed by atoms with van der Waals surface area (Å²) in [7, 11) is 0. The van der Waals surface area contributed by atoms with E-state index < -0.39 is 0 Å². The molecule has 1 atom stereocenters. The lowest BCUT2D eigenvalue weighted by atomic mass is 10.1. The monoisotopic (exact) mass is 312 g/mol. The van der Waals surface area contributed by atoms with Crippen LogP contribution in [0.2, 0.25) is 0 Å². The molecule has 0 spiro atoms. The zero-order valence-corrected chi connectivity index (χ0v) is 11.9. The summed E-state index contributed by atoms with van der Waals surface area (Å²) in [4.78, 5) is 2.35. The summed E-state index contributed by atoms with van der Waals surface area (Å²) in [5, 5.41) is 3.60. The summed E-state index contributed by atoms with van der Waals surface area (Å²) in [6.45, 7) is 3.29. The molecule has 2 nitrogen and oxygen atoms in total. The van der Waals surface area contributed by atoms with Crippen LogP contribution in [0, 0.1) is 11.7 Å².